The van der Waals surface area contributed by atoms with Gasteiger partial charge in [0.05, 0.1) is 37.7 Å². The van der Waals surface area contributed by atoms with Crippen molar-refractivity contribution in [3.8, 4) is 11.5 Å². The van der Waals surface area contributed by atoms with Crippen LogP contribution in [0.1, 0.15) is 22.5 Å². The highest BCUT2D eigenvalue weighted by atomic mass is 16.5. The number of amides is 1. The molecule has 2 aromatic heterocycles. The molecule has 134 valence electrons. The molecule has 2 aromatic rings. The third-order valence-corrected chi connectivity index (χ3v) is 3.76. The molecule has 25 heavy (non-hydrogen) atoms. The average Bonchev–Trinajstić information content (AvgIpc) is 3.15. The monoisotopic (exact) mass is 346 g/mol. The minimum Gasteiger partial charge on any atom is -0.469 e. The normalized spacial score (nSPS) is 10.5. The second-order valence-corrected chi connectivity index (χ2v) is 5.42. The van der Waals surface area contributed by atoms with Crippen molar-refractivity contribution in [1.29, 1.82) is 0 Å². The molecule has 0 bridgehead atoms. The van der Waals surface area contributed by atoms with Crippen LogP contribution in [0.4, 0.5) is 0 Å². The molecule has 0 aliphatic rings. The van der Waals surface area contributed by atoms with Gasteiger partial charge >= 0.3 is 5.97 Å². The van der Waals surface area contributed by atoms with Gasteiger partial charge < -0.3 is 18.8 Å². The van der Waals surface area contributed by atoms with Crippen LogP contribution < -0.4 is 0 Å². The van der Waals surface area contributed by atoms with Crippen molar-refractivity contribution in [2.24, 2.45) is 0 Å². The minimum atomic E-state index is -0.363. The molecule has 0 N–H and O–H groups in total. The first-order chi connectivity index (χ1) is 12.1. The van der Waals surface area contributed by atoms with Crippen LogP contribution >= 0.6 is 0 Å². The van der Waals surface area contributed by atoms with Gasteiger partial charge in [-0.15, -0.1) is 0 Å². The molecule has 2 heterocycles. The zero-order valence-corrected chi connectivity index (χ0v) is 14.7. The molecule has 1 amide bonds. The zero-order valence-electron chi connectivity index (χ0n) is 14.7. The molecule has 0 atom stereocenters. The summed E-state index contributed by atoms with van der Waals surface area (Å²) in [4.78, 5) is 30.2. The van der Waals surface area contributed by atoms with Crippen molar-refractivity contribution >= 4 is 11.9 Å². The number of esters is 1. The molecule has 0 spiro atoms. The molecule has 0 aromatic carbocycles. The Morgan fingerprint density at radius 3 is 2.60 bits per heavy atom. The van der Waals surface area contributed by atoms with E-state index in [0.717, 1.165) is 0 Å². The van der Waals surface area contributed by atoms with E-state index in [1.807, 2.05) is 6.07 Å². The summed E-state index contributed by atoms with van der Waals surface area (Å²) >= 11 is 0. The number of pyridine rings is 1. The lowest BCUT2D eigenvalue weighted by Crippen LogP contribution is -2.36. The fraction of sp³-hybridized carbons (Fsp3) is 0.389. The van der Waals surface area contributed by atoms with E-state index < -0.39 is 0 Å². The van der Waals surface area contributed by atoms with Crippen LogP contribution in [0.15, 0.2) is 34.9 Å². The second-order valence-electron chi connectivity index (χ2n) is 5.42. The number of hydrogen-bond acceptors (Lipinski definition) is 6. The largest absolute Gasteiger partial charge is 0.469 e. The SMILES string of the molecule is COCCN(CCC(=O)OC)C(=O)c1ccc(-c2ccco2)nc1C. The lowest BCUT2D eigenvalue weighted by Gasteiger charge is -2.22. The first-order valence-corrected chi connectivity index (χ1v) is 7.93. The number of rotatable bonds is 8. The molecule has 0 unspecified atom stereocenters. The van der Waals surface area contributed by atoms with E-state index in [1.165, 1.54) is 7.11 Å². The van der Waals surface area contributed by atoms with Gasteiger partial charge in [-0.3, -0.25) is 9.59 Å². The molecule has 0 aliphatic carbocycles. The predicted octanol–water partition coefficient (Wildman–Crippen LogP) is 2.30. The van der Waals surface area contributed by atoms with Crippen LogP contribution in [0.2, 0.25) is 0 Å². The fourth-order valence-corrected chi connectivity index (χ4v) is 2.36. The van der Waals surface area contributed by atoms with E-state index in [9.17, 15) is 9.59 Å². The molecule has 7 heteroatoms. The molecule has 0 saturated heterocycles. The summed E-state index contributed by atoms with van der Waals surface area (Å²) < 4.78 is 15.0. The van der Waals surface area contributed by atoms with E-state index in [2.05, 4.69) is 9.72 Å². The second kappa shape index (κ2) is 8.98. The summed E-state index contributed by atoms with van der Waals surface area (Å²) in [5.74, 6) is 0.0826. The van der Waals surface area contributed by atoms with Gasteiger partial charge in [0.2, 0.25) is 0 Å². The van der Waals surface area contributed by atoms with Crippen molar-refractivity contribution in [2.45, 2.75) is 13.3 Å². The number of methoxy groups -OCH3 is 2. The smallest absolute Gasteiger partial charge is 0.307 e. The Kier molecular flexibility index (Phi) is 6.71. The highest BCUT2D eigenvalue weighted by Gasteiger charge is 2.20. The molecular weight excluding hydrogens is 324 g/mol. The maximum absolute atomic E-state index is 12.8. The van der Waals surface area contributed by atoms with Crippen LogP contribution in [0.5, 0.6) is 0 Å². The Hall–Kier alpha value is -2.67. The summed E-state index contributed by atoms with van der Waals surface area (Å²) in [5, 5.41) is 0. The number of furan rings is 1. The molecule has 0 aliphatic heterocycles. The third-order valence-electron chi connectivity index (χ3n) is 3.76. The lowest BCUT2D eigenvalue weighted by molar-refractivity contribution is -0.140. The van der Waals surface area contributed by atoms with Gasteiger partial charge in [-0.25, -0.2) is 4.98 Å². The highest BCUT2D eigenvalue weighted by molar-refractivity contribution is 5.95. The van der Waals surface area contributed by atoms with E-state index in [0.29, 0.717) is 35.9 Å². The number of carbonyl (C=O) groups excluding carboxylic acids is 2. The molecule has 7 nitrogen and oxygen atoms in total. The number of hydrogen-bond donors (Lipinski definition) is 0. The zero-order chi connectivity index (χ0) is 18.2. The van der Waals surface area contributed by atoms with Gasteiger partial charge in [-0.2, -0.15) is 0 Å². The van der Waals surface area contributed by atoms with Gasteiger partial charge in [0.15, 0.2) is 5.76 Å². The van der Waals surface area contributed by atoms with Crippen molar-refractivity contribution in [3.63, 3.8) is 0 Å². The first kappa shape index (κ1) is 18.7. The van der Waals surface area contributed by atoms with Gasteiger partial charge in [0.1, 0.15) is 5.69 Å². The van der Waals surface area contributed by atoms with Gasteiger partial charge in [0.25, 0.3) is 5.91 Å². The average molecular weight is 346 g/mol. The van der Waals surface area contributed by atoms with Crippen LogP contribution in [-0.2, 0) is 14.3 Å². The number of nitrogens with zero attached hydrogens (tertiary/aromatic N) is 2. The maximum Gasteiger partial charge on any atom is 0.307 e. The van der Waals surface area contributed by atoms with Crippen LogP contribution in [-0.4, -0.2) is 55.7 Å². The van der Waals surface area contributed by atoms with E-state index >= 15 is 0 Å². The Labute approximate surface area is 146 Å². The maximum atomic E-state index is 12.8. The highest BCUT2D eigenvalue weighted by Crippen LogP contribution is 2.20. The summed E-state index contributed by atoms with van der Waals surface area (Å²) in [5.41, 5.74) is 1.74. The summed E-state index contributed by atoms with van der Waals surface area (Å²) in [6, 6.07) is 7.06. The van der Waals surface area contributed by atoms with Crippen LogP contribution in [0.3, 0.4) is 0 Å². The molecule has 2 rings (SSSR count). The fourth-order valence-electron chi connectivity index (χ4n) is 2.36. The van der Waals surface area contributed by atoms with Crippen LogP contribution in [0.25, 0.3) is 11.5 Å². The quantitative estimate of drug-likeness (QED) is 0.682. The Morgan fingerprint density at radius 2 is 2.00 bits per heavy atom. The molecule has 0 fully saturated rings. The number of aromatic nitrogens is 1. The van der Waals surface area contributed by atoms with Crippen molar-refractivity contribution in [3.05, 3.63) is 41.8 Å². The standard InChI is InChI=1S/C18H22N2O5/c1-13-14(6-7-15(19-13)16-5-4-11-25-16)18(22)20(10-12-23-2)9-8-17(21)24-3/h4-7,11H,8-10,12H2,1-3H3. The van der Waals surface area contributed by atoms with Gasteiger partial charge in [-0.05, 0) is 31.2 Å². The van der Waals surface area contributed by atoms with Crippen molar-refractivity contribution in [1.82, 2.24) is 9.88 Å². The van der Waals surface area contributed by atoms with Gasteiger partial charge in [0, 0.05) is 20.2 Å². The number of carbonyl (C=O) groups is 2. The van der Waals surface area contributed by atoms with E-state index in [4.69, 9.17) is 9.15 Å². The van der Waals surface area contributed by atoms with E-state index in [-0.39, 0.29) is 24.8 Å². The summed E-state index contributed by atoms with van der Waals surface area (Å²) in [6.45, 7) is 2.79. The number of ether oxygens (including phenoxy) is 2. The lowest BCUT2D eigenvalue weighted by atomic mass is 10.1. The van der Waals surface area contributed by atoms with Crippen molar-refractivity contribution < 1.29 is 23.5 Å². The minimum absolute atomic E-state index is 0.128. The molecule has 0 radical (unpaired) electrons. The predicted molar refractivity (Wildman–Crippen MR) is 91.1 cm³/mol. The Morgan fingerprint density at radius 1 is 1.20 bits per heavy atom. The first-order valence-electron chi connectivity index (χ1n) is 7.93. The summed E-state index contributed by atoms with van der Waals surface area (Å²) in [7, 11) is 2.89. The Balaban J connectivity index is 2.17. The molecular formula is C18H22N2O5. The summed E-state index contributed by atoms with van der Waals surface area (Å²) in [6.07, 6.45) is 1.70. The number of aryl methyl sites for hydroxylation is 1. The van der Waals surface area contributed by atoms with Crippen molar-refractivity contribution in [2.75, 3.05) is 33.9 Å². The topological polar surface area (TPSA) is 81.9 Å². The Bertz CT molecular complexity index is 712. The van der Waals surface area contributed by atoms with Gasteiger partial charge in [-0.1, -0.05) is 0 Å². The van der Waals surface area contributed by atoms with E-state index in [1.54, 1.807) is 43.4 Å². The molecule has 0 saturated carbocycles. The third kappa shape index (κ3) is 4.90. The van der Waals surface area contributed by atoms with Crippen LogP contribution in [0, 0.1) is 6.92 Å².